The van der Waals surface area contributed by atoms with E-state index < -0.39 is 12.0 Å². The van der Waals surface area contributed by atoms with Crippen LogP contribution in [0.25, 0.3) is 11.3 Å². The molecule has 3 aromatic rings. The van der Waals surface area contributed by atoms with Gasteiger partial charge in [0.2, 0.25) is 5.88 Å². The predicted molar refractivity (Wildman–Crippen MR) is 113 cm³/mol. The molecule has 1 atom stereocenters. The van der Waals surface area contributed by atoms with Crippen LogP contribution in [-0.2, 0) is 13.2 Å². The number of carbonyl (C=O) groups excluding carboxylic acids is 1. The second-order valence-electron chi connectivity index (χ2n) is 7.09. The minimum Gasteiger partial charge on any atom is -0.473 e. The van der Waals surface area contributed by atoms with Gasteiger partial charge >= 0.3 is 0 Å². The van der Waals surface area contributed by atoms with E-state index in [-0.39, 0.29) is 19.1 Å². The Labute approximate surface area is 183 Å². The standard InChI is InChI=1S/C22H20ClN3O5/c23-15-7-4-13(5-8-15)21-16(19(11-27)31-26-21)12-30-20-9-6-14(10-24-20)22(29)25-17-2-1-3-18(17)28/h4-10,18,27-28H,1-3,11-12H2/t18-/m1/s1. The molecule has 0 spiro atoms. The molecule has 1 fully saturated rings. The number of pyridine rings is 1. The van der Waals surface area contributed by atoms with Gasteiger partial charge in [0.1, 0.15) is 18.9 Å². The second-order valence-corrected chi connectivity index (χ2v) is 7.52. The number of aliphatic imine (C=N–C) groups is 1. The lowest BCUT2D eigenvalue weighted by atomic mass is 10.1. The van der Waals surface area contributed by atoms with E-state index >= 15 is 0 Å². The van der Waals surface area contributed by atoms with Gasteiger partial charge in [0.15, 0.2) is 5.76 Å². The zero-order valence-corrected chi connectivity index (χ0v) is 17.2. The highest BCUT2D eigenvalue weighted by atomic mass is 35.5. The van der Waals surface area contributed by atoms with Crippen molar-refractivity contribution in [2.24, 2.45) is 4.99 Å². The normalized spacial score (nSPS) is 17.3. The van der Waals surface area contributed by atoms with Crippen LogP contribution in [0, 0.1) is 0 Å². The molecule has 9 heteroatoms. The summed E-state index contributed by atoms with van der Waals surface area (Å²) in [6.07, 6.45) is 2.83. The Balaban J connectivity index is 1.47. The zero-order chi connectivity index (χ0) is 21.8. The molecule has 1 amide bonds. The van der Waals surface area contributed by atoms with Gasteiger partial charge < -0.3 is 19.5 Å². The quantitative estimate of drug-likeness (QED) is 0.600. The third-order valence-corrected chi connectivity index (χ3v) is 5.27. The molecule has 2 aromatic heterocycles. The van der Waals surface area contributed by atoms with Crippen LogP contribution in [0.5, 0.6) is 5.88 Å². The molecule has 0 aliphatic heterocycles. The summed E-state index contributed by atoms with van der Waals surface area (Å²) in [5, 5.41) is 24.0. The smallest absolute Gasteiger partial charge is 0.278 e. The first-order valence-corrected chi connectivity index (χ1v) is 10.2. The highest BCUT2D eigenvalue weighted by Gasteiger charge is 2.21. The third kappa shape index (κ3) is 4.82. The Morgan fingerprint density at radius 1 is 1.26 bits per heavy atom. The molecular weight excluding hydrogens is 422 g/mol. The number of aromatic nitrogens is 2. The summed E-state index contributed by atoms with van der Waals surface area (Å²) in [5.74, 6) is 0.140. The van der Waals surface area contributed by atoms with E-state index in [4.69, 9.17) is 20.9 Å². The van der Waals surface area contributed by atoms with Gasteiger partial charge in [-0.25, -0.2) is 9.98 Å². The van der Waals surface area contributed by atoms with Crippen LogP contribution in [-0.4, -0.2) is 38.1 Å². The van der Waals surface area contributed by atoms with Gasteiger partial charge in [-0.3, -0.25) is 4.79 Å². The maximum Gasteiger partial charge on any atom is 0.278 e. The number of benzene rings is 1. The molecular formula is C22H20ClN3O5. The highest BCUT2D eigenvalue weighted by molar-refractivity contribution is 6.30. The van der Waals surface area contributed by atoms with Crippen molar-refractivity contribution in [2.45, 2.75) is 38.6 Å². The molecule has 1 saturated carbocycles. The molecule has 1 aromatic carbocycles. The van der Waals surface area contributed by atoms with Gasteiger partial charge in [-0.1, -0.05) is 28.9 Å². The van der Waals surface area contributed by atoms with Gasteiger partial charge in [0.05, 0.1) is 22.9 Å². The number of rotatable bonds is 6. The summed E-state index contributed by atoms with van der Waals surface area (Å²) >= 11 is 5.94. The summed E-state index contributed by atoms with van der Waals surface area (Å²) in [5.41, 5.74) is 2.73. The fourth-order valence-electron chi connectivity index (χ4n) is 3.32. The topological polar surface area (TPSA) is 118 Å². The van der Waals surface area contributed by atoms with Crippen molar-refractivity contribution in [3.8, 4) is 17.1 Å². The van der Waals surface area contributed by atoms with Crippen molar-refractivity contribution in [3.05, 3.63) is 64.5 Å². The van der Waals surface area contributed by atoms with Crippen LogP contribution in [0.2, 0.25) is 5.02 Å². The molecule has 0 unspecified atom stereocenters. The first-order chi connectivity index (χ1) is 15.0. The Morgan fingerprint density at radius 2 is 2.06 bits per heavy atom. The molecule has 160 valence electrons. The van der Waals surface area contributed by atoms with Crippen molar-refractivity contribution >= 4 is 23.2 Å². The molecule has 0 radical (unpaired) electrons. The van der Waals surface area contributed by atoms with Crippen LogP contribution < -0.4 is 4.74 Å². The summed E-state index contributed by atoms with van der Waals surface area (Å²) < 4.78 is 11.0. The number of hydrogen-bond donors (Lipinski definition) is 2. The first kappa shape index (κ1) is 21.2. The largest absolute Gasteiger partial charge is 0.473 e. The Bertz CT molecular complexity index is 1090. The van der Waals surface area contributed by atoms with Gasteiger partial charge in [0, 0.05) is 22.8 Å². The predicted octanol–water partition coefficient (Wildman–Crippen LogP) is 3.59. The lowest BCUT2D eigenvalue weighted by Gasteiger charge is -2.07. The van der Waals surface area contributed by atoms with E-state index in [2.05, 4.69) is 15.1 Å². The van der Waals surface area contributed by atoms with Gasteiger partial charge in [-0.2, -0.15) is 0 Å². The average molecular weight is 442 g/mol. The number of carbonyl (C=O) groups is 1. The van der Waals surface area contributed by atoms with Gasteiger partial charge in [-0.15, -0.1) is 0 Å². The van der Waals surface area contributed by atoms with Crippen molar-refractivity contribution < 1.29 is 24.3 Å². The Morgan fingerprint density at radius 3 is 2.71 bits per heavy atom. The number of aliphatic hydroxyl groups excluding tert-OH is 2. The molecule has 8 nitrogen and oxygen atoms in total. The maximum atomic E-state index is 12.3. The van der Waals surface area contributed by atoms with Gasteiger partial charge in [-0.05, 0) is 37.5 Å². The summed E-state index contributed by atoms with van der Waals surface area (Å²) in [6.45, 7) is -0.265. The Kier molecular flexibility index (Phi) is 6.41. The van der Waals surface area contributed by atoms with Crippen molar-refractivity contribution in [2.75, 3.05) is 0 Å². The summed E-state index contributed by atoms with van der Waals surface area (Å²) in [6, 6.07) is 10.2. The lowest BCUT2D eigenvalue weighted by molar-refractivity contribution is 0.1000. The fourth-order valence-corrected chi connectivity index (χ4v) is 3.45. The molecule has 4 rings (SSSR count). The molecule has 1 aliphatic rings. The number of hydrogen-bond acceptors (Lipinski definition) is 7. The lowest BCUT2D eigenvalue weighted by Crippen LogP contribution is -2.14. The number of aliphatic hydroxyl groups is 2. The van der Waals surface area contributed by atoms with E-state index in [0.717, 1.165) is 12.0 Å². The van der Waals surface area contributed by atoms with Crippen molar-refractivity contribution in [1.82, 2.24) is 10.1 Å². The highest BCUT2D eigenvalue weighted by Crippen LogP contribution is 2.28. The summed E-state index contributed by atoms with van der Waals surface area (Å²) in [7, 11) is 0. The fraction of sp³-hybridized carbons (Fsp3) is 0.273. The average Bonchev–Trinajstić information content (AvgIpc) is 3.38. The monoisotopic (exact) mass is 441 g/mol. The van der Waals surface area contributed by atoms with Gasteiger partial charge in [0.25, 0.3) is 5.91 Å². The number of ether oxygens (including phenoxy) is 1. The van der Waals surface area contributed by atoms with Crippen molar-refractivity contribution in [1.29, 1.82) is 0 Å². The number of amides is 1. The van der Waals surface area contributed by atoms with E-state index in [0.29, 0.717) is 46.2 Å². The molecule has 2 heterocycles. The molecule has 2 N–H and O–H groups in total. The number of halogens is 1. The molecule has 0 bridgehead atoms. The molecule has 0 saturated heterocycles. The maximum absolute atomic E-state index is 12.3. The minimum absolute atomic E-state index is 0.0616. The SMILES string of the molecule is O=C(N=C1CCC[C@H]1O)c1ccc(OCc2c(-c3ccc(Cl)cc3)noc2CO)nc1. The van der Waals surface area contributed by atoms with Crippen LogP contribution >= 0.6 is 11.6 Å². The van der Waals surface area contributed by atoms with Crippen molar-refractivity contribution in [3.63, 3.8) is 0 Å². The minimum atomic E-state index is -0.640. The van der Waals surface area contributed by atoms with Crippen LogP contribution in [0.3, 0.4) is 0 Å². The third-order valence-electron chi connectivity index (χ3n) is 5.02. The summed E-state index contributed by atoms with van der Waals surface area (Å²) in [4.78, 5) is 20.4. The van der Waals surface area contributed by atoms with Crippen LogP contribution in [0.15, 0.2) is 52.1 Å². The Hall–Kier alpha value is -3.07. The molecule has 1 aliphatic carbocycles. The second kappa shape index (κ2) is 9.38. The van der Waals surface area contributed by atoms with E-state index in [1.165, 1.54) is 6.20 Å². The van der Waals surface area contributed by atoms with E-state index in [9.17, 15) is 15.0 Å². The number of nitrogens with zero attached hydrogens (tertiary/aromatic N) is 3. The van der Waals surface area contributed by atoms with E-state index in [1.807, 2.05) is 0 Å². The van der Waals surface area contributed by atoms with E-state index in [1.54, 1.807) is 36.4 Å². The molecule has 31 heavy (non-hydrogen) atoms. The first-order valence-electron chi connectivity index (χ1n) is 9.78. The van der Waals surface area contributed by atoms with Crippen LogP contribution in [0.1, 0.15) is 40.9 Å². The zero-order valence-electron chi connectivity index (χ0n) is 16.5. The van der Waals surface area contributed by atoms with Crippen LogP contribution in [0.4, 0.5) is 0 Å².